The van der Waals surface area contributed by atoms with Gasteiger partial charge in [-0.25, -0.2) is 0 Å². The van der Waals surface area contributed by atoms with Crippen molar-refractivity contribution in [2.45, 2.75) is 26.1 Å². The summed E-state index contributed by atoms with van der Waals surface area (Å²) < 4.78 is 0. The monoisotopic (exact) mass is 314 g/mol. The van der Waals surface area contributed by atoms with Crippen molar-refractivity contribution in [3.05, 3.63) is 65.2 Å². The lowest BCUT2D eigenvalue weighted by molar-refractivity contribution is 0.0922. The first-order valence-electron chi connectivity index (χ1n) is 7.56. The largest absolute Gasteiger partial charge is 0.394 e. The van der Waals surface area contributed by atoms with Crippen molar-refractivity contribution in [1.82, 2.24) is 5.32 Å². The lowest BCUT2D eigenvalue weighted by Crippen LogP contribution is -2.34. The highest BCUT2D eigenvalue weighted by Crippen LogP contribution is 2.12. The van der Waals surface area contributed by atoms with Crippen LogP contribution in [0.4, 0.5) is 5.69 Å². The van der Waals surface area contributed by atoms with Crippen molar-refractivity contribution in [3.8, 4) is 0 Å². The van der Waals surface area contributed by atoms with E-state index < -0.39 is 0 Å². The van der Waals surface area contributed by atoms with Gasteiger partial charge in [0.1, 0.15) is 0 Å². The number of nitrogens with one attached hydrogen (secondary N) is 2. The Morgan fingerprint density at radius 2 is 1.61 bits per heavy atom. The molecule has 1 atom stereocenters. The zero-order chi connectivity index (χ0) is 16.7. The maximum Gasteiger partial charge on any atom is 0.251 e. The summed E-state index contributed by atoms with van der Waals surface area (Å²) in [4.78, 5) is 11.9. The molecule has 5 nitrogen and oxygen atoms in total. The number of carbonyl (C=O) groups excluding carboxylic acids is 1. The van der Waals surface area contributed by atoms with E-state index in [2.05, 4.69) is 10.6 Å². The number of rotatable bonds is 7. The minimum Gasteiger partial charge on any atom is -0.394 e. The second-order valence-corrected chi connectivity index (χ2v) is 5.46. The minimum absolute atomic E-state index is 0.0478. The molecule has 23 heavy (non-hydrogen) atoms. The number of hydrogen-bond acceptors (Lipinski definition) is 4. The molecule has 0 saturated heterocycles. The molecule has 2 aromatic rings. The topological polar surface area (TPSA) is 81.6 Å². The number of carbonyl (C=O) groups is 1. The van der Waals surface area contributed by atoms with Crippen molar-refractivity contribution in [2.75, 3.05) is 11.9 Å². The van der Waals surface area contributed by atoms with Gasteiger partial charge in [0, 0.05) is 23.8 Å². The smallest absolute Gasteiger partial charge is 0.251 e. The second-order valence-electron chi connectivity index (χ2n) is 5.46. The van der Waals surface area contributed by atoms with E-state index in [4.69, 9.17) is 10.2 Å². The fourth-order valence-electron chi connectivity index (χ4n) is 2.06. The third-order valence-corrected chi connectivity index (χ3v) is 3.50. The van der Waals surface area contributed by atoms with Crippen LogP contribution in [0.1, 0.15) is 28.4 Å². The van der Waals surface area contributed by atoms with E-state index in [-0.39, 0.29) is 25.2 Å². The molecule has 1 amide bonds. The molecule has 4 N–H and O–H groups in total. The second kappa shape index (κ2) is 8.31. The highest BCUT2D eigenvalue weighted by Gasteiger charge is 2.08. The van der Waals surface area contributed by atoms with Crippen LogP contribution in [0.5, 0.6) is 0 Å². The van der Waals surface area contributed by atoms with Crippen LogP contribution in [-0.4, -0.2) is 28.8 Å². The summed E-state index contributed by atoms with van der Waals surface area (Å²) in [6.07, 6.45) is 0. The molecule has 5 heteroatoms. The van der Waals surface area contributed by atoms with Gasteiger partial charge in [0.25, 0.3) is 5.91 Å². The van der Waals surface area contributed by atoms with Gasteiger partial charge >= 0.3 is 0 Å². The summed E-state index contributed by atoms with van der Waals surface area (Å²) in [5, 5.41) is 23.9. The van der Waals surface area contributed by atoms with E-state index in [0.29, 0.717) is 12.1 Å². The molecule has 2 aromatic carbocycles. The van der Waals surface area contributed by atoms with E-state index >= 15 is 0 Å². The average Bonchev–Trinajstić information content (AvgIpc) is 2.60. The minimum atomic E-state index is -0.262. The Morgan fingerprint density at radius 3 is 2.17 bits per heavy atom. The quantitative estimate of drug-likeness (QED) is 0.629. The van der Waals surface area contributed by atoms with Crippen LogP contribution in [0.15, 0.2) is 48.5 Å². The lowest BCUT2D eigenvalue weighted by atomic mass is 10.1. The van der Waals surface area contributed by atoms with Gasteiger partial charge in [-0.2, -0.15) is 0 Å². The van der Waals surface area contributed by atoms with E-state index in [9.17, 15) is 4.79 Å². The Morgan fingerprint density at radius 1 is 1.00 bits per heavy atom. The Labute approximate surface area is 136 Å². The van der Waals surface area contributed by atoms with E-state index in [1.807, 2.05) is 36.4 Å². The van der Waals surface area contributed by atoms with E-state index in [0.717, 1.165) is 16.8 Å². The van der Waals surface area contributed by atoms with Gasteiger partial charge in [0.15, 0.2) is 0 Å². The molecule has 0 saturated carbocycles. The lowest BCUT2D eigenvalue weighted by Gasteiger charge is -2.11. The molecular formula is C18H22N2O3. The molecule has 0 aromatic heterocycles. The van der Waals surface area contributed by atoms with Crippen molar-refractivity contribution in [1.29, 1.82) is 0 Å². The molecule has 0 fully saturated rings. The summed E-state index contributed by atoms with van der Waals surface area (Å²) in [6, 6.07) is 14.7. The van der Waals surface area contributed by atoms with Crippen LogP contribution in [0.3, 0.4) is 0 Å². The molecule has 0 radical (unpaired) electrons. The molecular weight excluding hydrogens is 292 g/mol. The molecule has 0 aliphatic carbocycles. The SMILES string of the molecule is CC(CO)NC(=O)c1ccc(NCc2ccc(CO)cc2)cc1. The highest BCUT2D eigenvalue weighted by atomic mass is 16.3. The van der Waals surface area contributed by atoms with Crippen molar-refractivity contribution >= 4 is 11.6 Å². The molecule has 0 heterocycles. The Hall–Kier alpha value is -2.37. The highest BCUT2D eigenvalue weighted by molar-refractivity contribution is 5.94. The molecule has 0 aliphatic heterocycles. The van der Waals surface area contributed by atoms with E-state index in [1.54, 1.807) is 19.1 Å². The van der Waals surface area contributed by atoms with Crippen molar-refractivity contribution in [2.24, 2.45) is 0 Å². The standard InChI is InChI=1S/C18H22N2O3/c1-13(11-21)20-18(23)16-6-8-17(9-7-16)19-10-14-2-4-15(12-22)5-3-14/h2-9,13,19,21-22H,10-12H2,1H3,(H,20,23). The maximum atomic E-state index is 11.9. The first-order chi connectivity index (χ1) is 11.1. The van der Waals surface area contributed by atoms with Gasteiger partial charge in [-0.15, -0.1) is 0 Å². The number of amides is 1. The number of benzene rings is 2. The van der Waals surface area contributed by atoms with E-state index in [1.165, 1.54) is 0 Å². The summed E-state index contributed by atoms with van der Waals surface area (Å²) >= 11 is 0. The van der Waals surface area contributed by atoms with Crippen LogP contribution < -0.4 is 10.6 Å². The van der Waals surface area contributed by atoms with Crippen LogP contribution in [-0.2, 0) is 13.2 Å². The maximum absolute atomic E-state index is 11.9. The Balaban J connectivity index is 1.90. The summed E-state index contributed by atoms with van der Waals surface area (Å²) in [5.41, 5.74) is 3.48. The van der Waals surface area contributed by atoms with Crippen molar-refractivity contribution in [3.63, 3.8) is 0 Å². The number of aliphatic hydroxyl groups excluding tert-OH is 2. The van der Waals surface area contributed by atoms with Gasteiger partial charge in [-0.05, 0) is 42.3 Å². The molecule has 0 spiro atoms. The van der Waals surface area contributed by atoms with Gasteiger partial charge < -0.3 is 20.8 Å². The van der Waals surface area contributed by atoms with Gasteiger partial charge in [-0.3, -0.25) is 4.79 Å². The normalized spacial score (nSPS) is 11.8. The van der Waals surface area contributed by atoms with Crippen LogP contribution in [0.25, 0.3) is 0 Å². The number of anilines is 1. The van der Waals surface area contributed by atoms with Crippen LogP contribution in [0.2, 0.25) is 0 Å². The zero-order valence-electron chi connectivity index (χ0n) is 13.1. The fourth-order valence-corrected chi connectivity index (χ4v) is 2.06. The molecule has 0 aliphatic rings. The fraction of sp³-hybridized carbons (Fsp3) is 0.278. The Kier molecular flexibility index (Phi) is 6.14. The predicted octanol–water partition coefficient (Wildman–Crippen LogP) is 1.90. The first kappa shape index (κ1) is 17.0. The third kappa shape index (κ3) is 5.09. The number of aliphatic hydroxyl groups is 2. The van der Waals surface area contributed by atoms with Crippen molar-refractivity contribution < 1.29 is 15.0 Å². The van der Waals surface area contributed by atoms with Gasteiger partial charge in [-0.1, -0.05) is 24.3 Å². The van der Waals surface area contributed by atoms with Gasteiger partial charge in [0.2, 0.25) is 0 Å². The zero-order valence-corrected chi connectivity index (χ0v) is 13.1. The molecule has 1 unspecified atom stereocenters. The van der Waals surface area contributed by atoms with Crippen LogP contribution >= 0.6 is 0 Å². The third-order valence-electron chi connectivity index (χ3n) is 3.50. The number of hydrogen-bond donors (Lipinski definition) is 4. The average molecular weight is 314 g/mol. The van der Waals surface area contributed by atoms with Crippen LogP contribution in [0, 0.1) is 0 Å². The molecule has 0 bridgehead atoms. The molecule has 2 rings (SSSR count). The van der Waals surface area contributed by atoms with Gasteiger partial charge in [0.05, 0.1) is 13.2 Å². The predicted molar refractivity (Wildman–Crippen MR) is 90.1 cm³/mol. The summed E-state index contributed by atoms with van der Waals surface area (Å²) in [5.74, 6) is -0.197. The summed E-state index contributed by atoms with van der Waals surface area (Å²) in [6.45, 7) is 2.38. The Bertz CT molecular complexity index is 624. The first-order valence-corrected chi connectivity index (χ1v) is 7.56. The molecule has 122 valence electrons. The summed E-state index contributed by atoms with van der Waals surface area (Å²) in [7, 11) is 0.